The predicted molar refractivity (Wildman–Crippen MR) is 85.4 cm³/mol. The van der Waals surface area contributed by atoms with Gasteiger partial charge in [-0.3, -0.25) is 4.79 Å². The van der Waals surface area contributed by atoms with Crippen molar-refractivity contribution in [1.82, 2.24) is 4.90 Å². The van der Waals surface area contributed by atoms with Gasteiger partial charge in [0.15, 0.2) is 0 Å². The van der Waals surface area contributed by atoms with Crippen LogP contribution < -0.4 is 5.73 Å². The third-order valence-electron chi connectivity index (χ3n) is 3.24. The van der Waals surface area contributed by atoms with Gasteiger partial charge in [0.1, 0.15) is 0 Å². The maximum Gasteiger partial charge on any atom is 0.254 e. The molecule has 0 saturated carbocycles. The Labute approximate surface area is 128 Å². The second-order valence-corrected chi connectivity index (χ2v) is 6.57. The number of nitrogen functional groups attached to an aromatic ring is 1. The van der Waals surface area contributed by atoms with Crippen molar-refractivity contribution in [3.63, 3.8) is 0 Å². The molecule has 0 aliphatic carbocycles. The van der Waals surface area contributed by atoms with Crippen molar-refractivity contribution in [3.05, 3.63) is 50.7 Å². The Morgan fingerprint density at radius 1 is 1.35 bits per heavy atom. The lowest BCUT2D eigenvalue weighted by Crippen LogP contribution is -2.29. The van der Waals surface area contributed by atoms with Crippen LogP contribution >= 0.6 is 22.9 Å². The van der Waals surface area contributed by atoms with Gasteiger partial charge >= 0.3 is 0 Å². The van der Waals surface area contributed by atoms with Crippen LogP contribution in [-0.2, 0) is 0 Å². The number of nitrogens with zero attached hydrogens (tertiary/aromatic N) is 1. The average Bonchev–Trinajstić information content (AvgIpc) is 2.81. The Morgan fingerprint density at radius 2 is 2.05 bits per heavy atom. The minimum atomic E-state index is -0.0854. The smallest absolute Gasteiger partial charge is 0.254 e. The molecule has 1 aromatic carbocycles. The van der Waals surface area contributed by atoms with Crippen LogP contribution in [-0.4, -0.2) is 17.9 Å². The van der Waals surface area contributed by atoms with Crippen LogP contribution in [0, 0.1) is 6.92 Å². The molecule has 0 spiro atoms. The molecule has 2 rings (SSSR count). The first kappa shape index (κ1) is 14.9. The molecule has 0 aliphatic rings. The van der Waals surface area contributed by atoms with E-state index in [1.165, 1.54) is 4.88 Å². The van der Waals surface area contributed by atoms with Crippen molar-refractivity contribution in [2.75, 3.05) is 12.8 Å². The lowest BCUT2D eigenvalue weighted by molar-refractivity contribution is 0.0745. The van der Waals surface area contributed by atoms with Gasteiger partial charge in [-0.25, -0.2) is 0 Å². The highest BCUT2D eigenvalue weighted by Crippen LogP contribution is 2.28. The molecular weight excluding hydrogens is 292 g/mol. The van der Waals surface area contributed by atoms with Gasteiger partial charge in [-0.15, -0.1) is 11.3 Å². The van der Waals surface area contributed by atoms with Crippen molar-refractivity contribution in [2.24, 2.45) is 0 Å². The molecule has 1 amide bonds. The van der Waals surface area contributed by atoms with Crippen LogP contribution in [0.1, 0.15) is 33.1 Å². The first-order chi connectivity index (χ1) is 9.38. The number of rotatable bonds is 3. The fourth-order valence-electron chi connectivity index (χ4n) is 1.98. The molecule has 1 atom stereocenters. The van der Waals surface area contributed by atoms with Crippen LogP contribution in [0.4, 0.5) is 5.69 Å². The maximum atomic E-state index is 12.5. The number of hydrogen-bond donors (Lipinski definition) is 1. The van der Waals surface area contributed by atoms with Crippen molar-refractivity contribution in [1.29, 1.82) is 0 Å². The number of amides is 1. The van der Waals surface area contributed by atoms with Gasteiger partial charge in [-0.1, -0.05) is 11.6 Å². The number of nitrogens with two attached hydrogens (primary N) is 1. The van der Waals surface area contributed by atoms with Crippen LogP contribution in [0.2, 0.25) is 5.02 Å². The summed E-state index contributed by atoms with van der Waals surface area (Å²) >= 11 is 7.65. The van der Waals surface area contributed by atoms with Crippen molar-refractivity contribution in [2.45, 2.75) is 19.9 Å². The molecule has 1 heterocycles. The van der Waals surface area contributed by atoms with Gasteiger partial charge in [0, 0.05) is 33.1 Å². The Kier molecular flexibility index (Phi) is 4.35. The number of benzene rings is 1. The van der Waals surface area contributed by atoms with Gasteiger partial charge in [0.25, 0.3) is 5.91 Å². The summed E-state index contributed by atoms with van der Waals surface area (Å²) in [4.78, 5) is 16.6. The standard InChI is InChI=1S/C15H17ClN2OS/c1-9-4-5-14(20-9)10(2)18(3)15(19)11-6-12(16)8-13(17)7-11/h4-8,10H,17H2,1-3H3. The summed E-state index contributed by atoms with van der Waals surface area (Å²) in [7, 11) is 1.79. The Bertz CT molecular complexity index is 618. The molecule has 2 N–H and O–H groups in total. The number of thiophene rings is 1. The zero-order chi connectivity index (χ0) is 14.9. The molecule has 106 valence electrons. The first-order valence-electron chi connectivity index (χ1n) is 6.28. The second kappa shape index (κ2) is 5.85. The summed E-state index contributed by atoms with van der Waals surface area (Å²) < 4.78 is 0. The average molecular weight is 309 g/mol. The largest absolute Gasteiger partial charge is 0.399 e. The lowest BCUT2D eigenvalue weighted by Gasteiger charge is -2.24. The molecule has 2 aromatic rings. The first-order valence-corrected chi connectivity index (χ1v) is 7.47. The van der Waals surface area contributed by atoms with Gasteiger partial charge in [-0.05, 0) is 44.2 Å². The quantitative estimate of drug-likeness (QED) is 0.867. The van der Waals surface area contributed by atoms with E-state index in [2.05, 4.69) is 19.1 Å². The molecule has 0 aliphatic heterocycles. The van der Waals surface area contributed by atoms with E-state index in [1.54, 1.807) is 41.5 Å². The number of carbonyl (C=O) groups excluding carboxylic acids is 1. The van der Waals surface area contributed by atoms with Gasteiger partial charge in [-0.2, -0.15) is 0 Å². The van der Waals surface area contributed by atoms with Crippen LogP contribution in [0.15, 0.2) is 30.3 Å². The Hall–Kier alpha value is -1.52. The second-order valence-electron chi connectivity index (χ2n) is 4.81. The third kappa shape index (κ3) is 3.14. The molecule has 0 saturated heterocycles. The van der Waals surface area contributed by atoms with Crippen molar-refractivity contribution < 1.29 is 4.79 Å². The monoisotopic (exact) mass is 308 g/mol. The van der Waals surface area contributed by atoms with E-state index >= 15 is 0 Å². The van der Waals surface area contributed by atoms with Crippen LogP contribution in [0.3, 0.4) is 0 Å². The highest BCUT2D eigenvalue weighted by Gasteiger charge is 2.20. The van der Waals surface area contributed by atoms with E-state index in [0.717, 1.165) is 4.88 Å². The van der Waals surface area contributed by atoms with Crippen LogP contribution in [0.25, 0.3) is 0 Å². The van der Waals surface area contributed by atoms with Gasteiger partial charge < -0.3 is 10.6 Å². The number of hydrogen-bond acceptors (Lipinski definition) is 3. The summed E-state index contributed by atoms with van der Waals surface area (Å²) in [6, 6.07) is 9.05. The summed E-state index contributed by atoms with van der Waals surface area (Å²) in [5.41, 5.74) is 6.74. The molecule has 0 bridgehead atoms. The van der Waals surface area contributed by atoms with Crippen molar-refractivity contribution >= 4 is 34.5 Å². The highest BCUT2D eigenvalue weighted by molar-refractivity contribution is 7.12. The fraction of sp³-hybridized carbons (Fsp3) is 0.267. The van der Waals surface area contributed by atoms with Gasteiger partial charge in [0.05, 0.1) is 6.04 Å². The summed E-state index contributed by atoms with van der Waals surface area (Å²) in [5, 5.41) is 0.473. The lowest BCUT2D eigenvalue weighted by atomic mass is 10.1. The molecule has 3 nitrogen and oxygen atoms in total. The minimum absolute atomic E-state index is 0.0152. The van der Waals surface area contributed by atoms with E-state index in [-0.39, 0.29) is 11.9 Å². The summed E-state index contributed by atoms with van der Waals surface area (Å²) in [6.45, 7) is 4.07. The highest BCUT2D eigenvalue weighted by atomic mass is 35.5. The normalized spacial score (nSPS) is 12.2. The van der Waals surface area contributed by atoms with Gasteiger partial charge in [0.2, 0.25) is 0 Å². The third-order valence-corrected chi connectivity index (χ3v) is 4.63. The molecule has 5 heteroatoms. The molecule has 20 heavy (non-hydrogen) atoms. The van der Waals surface area contributed by atoms with E-state index in [0.29, 0.717) is 16.3 Å². The number of halogens is 1. The maximum absolute atomic E-state index is 12.5. The number of aryl methyl sites for hydroxylation is 1. The van der Waals surface area contributed by atoms with E-state index in [4.69, 9.17) is 17.3 Å². The van der Waals surface area contributed by atoms with E-state index in [1.807, 2.05) is 6.92 Å². The zero-order valence-electron chi connectivity index (χ0n) is 11.7. The number of anilines is 1. The minimum Gasteiger partial charge on any atom is -0.399 e. The Balaban J connectivity index is 2.23. The molecular formula is C15H17ClN2OS. The molecule has 0 fully saturated rings. The molecule has 0 radical (unpaired) electrons. The summed E-state index contributed by atoms with van der Waals surface area (Å²) in [6.07, 6.45) is 0. The zero-order valence-corrected chi connectivity index (χ0v) is 13.3. The fourth-order valence-corrected chi connectivity index (χ4v) is 3.20. The van der Waals surface area contributed by atoms with E-state index < -0.39 is 0 Å². The van der Waals surface area contributed by atoms with Crippen molar-refractivity contribution in [3.8, 4) is 0 Å². The predicted octanol–water partition coefficient (Wildman–Crippen LogP) is 4.13. The topological polar surface area (TPSA) is 46.3 Å². The Morgan fingerprint density at radius 3 is 2.60 bits per heavy atom. The van der Waals surface area contributed by atoms with E-state index in [9.17, 15) is 4.79 Å². The molecule has 1 aromatic heterocycles. The SMILES string of the molecule is Cc1ccc(C(C)N(C)C(=O)c2cc(N)cc(Cl)c2)s1. The summed E-state index contributed by atoms with van der Waals surface area (Å²) in [5.74, 6) is -0.0854. The molecule has 1 unspecified atom stereocenters. The van der Waals surface area contributed by atoms with Crippen LogP contribution in [0.5, 0.6) is 0 Å². The number of carbonyl (C=O) groups is 1.